The number of anilines is 1. The molecule has 2 rings (SSSR count). The number of amides is 1. The summed E-state index contributed by atoms with van der Waals surface area (Å²) in [5.41, 5.74) is 3.80. The van der Waals surface area contributed by atoms with Crippen molar-refractivity contribution in [3.63, 3.8) is 0 Å². The summed E-state index contributed by atoms with van der Waals surface area (Å²) in [4.78, 5) is 12.1. The minimum absolute atomic E-state index is 0.209. The summed E-state index contributed by atoms with van der Waals surface area (Å²) in [5, 5.41) is 2.19. The largest absolute Gasteiger partial charge is 0.324 e. The number of carbonyl (C=O) groups excluding carboxylic acids is 1. The van der Waals surface area contributed by atoms with Crippen molar-refractivity contribution in [1.29, 1.82) is 0 Å². The Balaban J connectivity index is 2.13. The summed E-state index contributed by atoms with van der Waals surface area (Å²) in [6.07, 6.45) is 0. The van der Waals surface area contributed by atoms with Crippen LogP contribution < -0.4 is 5.32 Å². The van der Waals surface area contributed by atoms with Gasteiger partial charge in [0.15, 0.2) is 0 Å². The first-order chi connectivity index (χ1) is 9.08. The van der Waals surface area contributed by atoms with Gasteiger partial charge in [0.05, 0.1) is 0 Å². The fraction of sp³-hybridized carbons (Fsp3) is 0.188. The van der Waals surface area contributed by atoms with E-state index < -0.39 is 5.38 Å². The first-order valence-corrected chi connectivity index (χ1v) is 6.58. The first kappa shape index (κ1) is 13.6. The fourth-order valence-corrected chi connectivity index (χ4v) is 2.12. The number of aryl methyl sites for hydroxylation is 2. The molecule has 2 aromatic rings. The van der Waals surface area contributed by atoms with Gasteiger partial charge >= 0.3 is 0 Å². The van der Waals surface area contributed by atoms with Gasteiger partial charge in [-0.15, -0.1) is 11.6 Å². The van der Waals surface area contributed by atoms with Crippen LogP contribution in [-0.2, 0) is 4.79 Å². The maximum atomic E-state index is 12.1. The molecule has 0 heterocycles. The Hall–Kier alpha value is -1.80. The molecule has 98 valence electrons. The lowest BCUT2D eigenvalue weighted by Crippen LogP contribution is -2.17. The van der Waals surface area contributed by atoms with Crippen LogP contribution in [0, 0.1) is 13.8 Å². The molecule has 0 saturated heterocycles. The Bertz CT molecular complexity index is 581. The zero-order valence-electron chi connectivity index (χ0n) is 11.0. The molecular weight excluding hydrogens is 258 g/mol. The van der Waals surface area contributed by atoms with Gasteiger partial charge in [-0.05, 0) is 31.0 Å². The third-order valence-electron chi connectivity index (χ3n) is 2.96. The smallest absolute Gasteiger partial charge is 0.246 e. The quantitative estimate of drug-likeness (QED) is 0.834. The average molecular weight is 274 g/mol. The normalized spacial score (nSPS) is 11.9. The van der Waals surface area contributed by atoms with Crippen molar-refractivity contribution < 1.29 is 4.79 Å². The van der Waals surface area contributed by atoms with Gasteiger partial charge < -0.3 is 5.32 Å². The van der Waals surface area contributed by atoms with Crippen LogP contribution in [0.15, 0.2) is 48.5 Å². The van der Waals surface area contributed by atoms with E-state index >= 15 is 0 Å². The number of benzene rings is 2. The second kappa shape index (κ2) is 5.89. The van der Waals surface area contributed by atoms with Crippen LogP contribution >= 0.6 is 11.6 Å². The SMILES string of the molecule is Cc1ccc(NC(=O)[C@@H](Cl)c2ccccc2)c(C)c1. The lowest BCUT2D eigenvalue weighted by molar-refractivity contribution is -0.116. The highest BCUT2D eigenvalue weighted by Gasteiger charge is 2.17. The standard InChI is InChI=1S/C16H16ClNO/c1-11-8-9-14(12(2)10-11)18-16(19)15(17)13-6-4-3-5-7-13/h3-10,15H,1-2H3,(H,18,19)/t15-/m0/s1. The third-order valence-corrected chi connectivity index (χ3v) is 3.41. The second-order valence-corrected chi connectivity index (χ2v) is 5.02. The zero-order chi connectivity index (χ0) is 13.8. The number of hydrogen-bond donors (Lipinski definition) is 1. The molecule has 0 aliphatic heterocycles. The number of carbonyl (C=O) groups is 1. The van der Waals surface area contributed by atoms with Crippen molar-refractivity contribution in [2.45, 2.75) is 19.2 Å². The van der Waals surface area contributed by atoms with Crippen LogP contribution in [0.25, 0.3) is 0 Å². The highest BCUT2D eigenvalue weighted by molar-refractivity contribution is 6.32. The lowest BCUT2D eigenvalue weighted by atomic mass is 10.1. The highest BCUT2D eigenvalue weighted by Crippen LogP contribution is 2.23. The number of halogens is 1. The van der Waals surface area contributed by atoms with Gasteiger partial charge in [-0.25, -0.2) is 0 Å². The minimum Gasteiger partial charge on any atom is -0.324 e. The molecule has 3 heteroatoms. The maximum Gasteiger partial charge on any atom is 0.246 e. The van der Waals surface area contributed by atoms with Crippen LogP contribution in [0.1, 0.15) is 22.1 Å². The second-order valence-electron chi connectivity index (χ2n) is 4.58. The number of hydrogen-bond acceptors (Lipinski definition) is 1. The predicted molar refractivity (Wildman–Crippen MR) is 79.6 cm³/mol. The summed E-state index contributed by atoms with van der Waals surface area (Å²) in [6.45, 7) is 3.99. The van der Waals surface area contributed by atoms with Crippen molar-refractivity contribution in [2.75, 3.05) is 5.32 Å². The zero-order valence-corrected chi connectivity index (χ0v) is 11.7. The third kappa shape index (κ3) is 3.36. The van der Waals surface area contributed by atoms with E-state index in [4.69, 9.17) is 11.6 Å². The Morgan fingerprint density at radius 2 is 1.79 bits per heavy atom. The van der Waals surface area contributed by atoms with Crippen LogP contribution in [0.4, 0.5) is 5.69 Å². The van der Waals surface area contributed by atoms with E-state index in [9.17, 15) is 4.79 Å². The van der Waals surface area contributed by atoms with Crippen LogP contribution in [0.3, 0.4) is 0 Å². The Labute approximate surface area is 118 Å². The van der Waals surface area contributed by atoms with Gasteiger partial charge in [-0.3, -0.25) is 4.79 Å². The summed E-state index contributed by atoms with van der Waals surface area (Å²) >= 11 is 6.18. The Morgan fingerprint density at radius 1 is 1.11 bits per heavy atom. The molecule has 0 saturated carbocycles. The topological polar surface area (TPSA) is 29.1 Å². The Morgan fingerprint density at radius 3 is 2.42 bits per heavy atom. The van der Waals surface area contributed by atoms with Crippen molar-refractivity contribution in [3.05, 3.63) is 65.2 Å². The van der Waals surface area contributed by atoms with Crippen LogP contribution in [0.5, 0.6) is 0 Å². The van der Waals surface area contributed by atoms with Gasteiger partial charge in [0.2, 0.25) is 5.91 Å². The molecule has 1 amide bonds. The predicted octanol–water partition coefficient (Wildman–Crippen LogP) is 4.22. The number of alkyl halides is 1. The van der Waals surface area contributed by atoms with Gasteiger partial charge in [-0.1, -0.05) is 48.0 Å². The van der Waals surface area contributed by atoms with Gasteiger partial charge in [-0.2, -0.15) is 0 Å². The molecule has 2 aromatic carbocycles. The molecule has 0 bridgehead atoms. The Kier molecular flexibility index (Phi) is 4.23. The lowest BCUT2D eigenvalue weighted by Gasteiger charge is -2.13. The van der Waals surface area contributed by atoms with Gasteiger partial charge in [0.1, 0.15) is 5.38 Å². The van der Waals surface area contributed by atoms with E-state index in [2.05, 4.69) is 5.32 Å². The molecule has 0 unspecified atom stereocenters. The summed E-state index contributed by atoms with van der Waals surface area (Å²) < 4.78 is 0. The highest BCUT2D eigenvalue weighted by atomic mass is 35.5. The molecule has 0 spiro atoms. The van der Waals surface area contributed by atoms with Crippen molar-refractivity contribution in [1.82, 2.24) is 0 Å². The van der Waals surface area contributed by atoms with E-state index in [1.54, 1.807) is 0 Å². The molecule has 0 aliphatic rings. The van der Waals surface area contributed by atoms with Gasteiger partial charge in [0, 0.05) is 5.69 Å². The monoisotopic (exact) mass is 273 g/mol. The molecular formula is C16H16ClNO. The molecule has 1 atom stereocenters. The number of rotatable bonds is 3. The van der Waals surface area contributed by atoms with Crippen molar-refractivity contribution in [3.8, 4) is 0 Å². The van der Waals surface area contributed by atoms with E-state index in [1.165, 1.54) is 5.56 Å². The van der Waals surface area contributed by atoms with Crippen LogP contribution in [0.2, 0.25) is 0 Å². The van der Waals surface area contributed by atoms with E-state index in [0.717, 1.165) is 16.8 Å². The minimum atomic E-state index is -0.679. The number of nitrogens with one attached hydrogen (secondary N) is 1. The van der Waals surface area contributed by atoms with Crippen molar-refractivity contribution >= 4 is 23.2 Å². The summed E-state index contributed by atoms with van der Waals surface area (Å²) in [6, 6.07) is 15.2. The maximum absolute atomic E-state index is 12.1. The van der Waals surface area contributed by atoms with E-state index in [-0.39, 0.29) is 5.91 Å². The summed E-state index contributed by atoms with van der Waals surface area (Å²) in [5.74, 6) is -0.209. The average Bonchev–Trinajstić information content (AvgIpc) is 2.42. The van der Waals surface area contributed by atoms with E-state index in [0.29, 0.717) is 0 Å². The van der Waals surface area contributed by atoms with Crippen LogP contribution in [-0.4, -0.2) is 5.91 Å². The van der Waals surface area contributed by atoms with E-state index in [1.807, 2.05) is 62.4 Å². The van der Waals surface area contributed by atoms with Crippen molar-refractivity contribution in [2.24, 2.45) is 0 Å². The molecule has 19 heavy (non-hydrogen) atoms. The summed E-state index contributed by atoms with van der Waals surface area (Å²) in [7, 11) is 0. The molecule has 0 radical (unpaired) electrons. The molecule has 0 aromatic heterocycles. The van der Waals surface area contributed by atoms with Gasteiger partial charge in [0.25, 0.3) is 0 Å². The molecule has 2 nitrogen and oxygen atoms in total. The molecule has 0 aliphatic carbocycles. The first-order valence-electron chi connectivity index (χ1n) is 6.15. The fourth-order valence-electron chi connectivity index (χ4n) is 1.92. The molecule has 1 N–H and O–H groups in total. The molecule has 0 fully saturated rings.